The van der Waals surface area contributed by atoms with E-state index in [-0.39, 0.29) is 19.0 Å². The van der Waals surface area contributed by atoms with E-state index in [4.69, 9.17) is 4.74 Å². The summed E-state index contributed by atoms with van der Waals surface area (Å²) in [4.78, 5) is 19.4. The molecule has 3 rings (SSSR count). The molecule has 0 aliphatic rings. The highest BCUT2D eigenvalue weighted by molar-refractivity contribution is 5.84. The molecule has 1 amide bonds. The van der Waals surface area contributed by atoms with Crippen molar-refractivity contribution in [2.24, 2.45) is 0 Å². The second-order valence-electron chi connectivity index (χ2n) is 5.27. The molecule has 0 bridgehead atoms. The van der Waals surface area contributed by atoms with Crippen LogP contribution in [0.4, 0.5) is 8.78 Å². The smallest absolute Gasteiger partial charge is 0.366 e. The first-order valence-electron chi connectivity index (χ1n) is 7.71. The standard InChI is InChI=1S/C17H15F2N5O2/c18-17(19,13-8-4-5-9-20-13)16(25)21-10-14-22-15(24-23-14)11-26-12-6-2-1-3-7-12/h1-9H,10-11H2,(H,21,25)(H,22,23,24). The van der Waals surface area contributed by atoms with Crippen molar-refractivity contribution in [1.82, 2.24) is 25.5 Å². The minimum Gasteiger partial charge on any atom is -0.486 e. The maximum atomic E-state index is 14.0. The summed E-state index contributed by atoms with van der Waals surface area (Å²) in [6.45, 7) is -0.113. The molecule has 134 valence electrons. The fourth-order valence-electron chi connectivity index (χ4n) is 2.08. The van der Waals surface area contributed by atoms with Gasteiger partial charge in [0.2, 0.25) is 0 Å². The van der Waals surface area contributed by atoms with Gasteiger partial charge in [0.15, 0.2) is 11.6 Å². The number of ether oxygens (including phenoxy) is 1. The van der Waals surface area contributed by atoms with Gasteiger partial charge in [-0.2, -0.15) is 13.9 Å². The van der Waals surface area contributed by atoms with Crippen LogP contribution in [-0.2, 0) is 23.9 Å². The number of carbonyl (C=O) groups is 1. The van der Waals surface area contributed by atoms with Gasteiger partial charge in [0.25, 0.3) is 5.91 Å². The first-order chi connectivity index (χ1) is 12.6. The number of amides is 1. The molecule has 2 heterocycles. The van der Waals surface area contributed by atoms with Gasteiger partial charge in [0.05, 0.1) is 6.54 Å². The van der Waals surface area contributed by atoms with Gasteiger partial charge in [-0.05, 0) is 24.3 Å². The SMILES string of the molecule is O=C(NCc1n[nH]c(COc2ccccc2)n1)C(F)(F)c1ccccn1. The number of alkyl halides is 2. The largest absolute Gasteiger partial charge is 0.486 e. The Morgan fingerprint density at radius 3 is 2.65 bits per heavy atom. The Hall–Kier alpha value is -3.36. The van der Waals surface area contributed by atoms with E-state index in [0.29, 0.717) is 11.6 Å². The highest BCUT2D eigenvalue weighted by Crippen LogP contribution is 2.26. The lowest BCUT2D eigenvalue weighted by Crippen LogP contribution is -2.38. The first kappa shape index (κ1) is 17.5. The van der Waals surface area contributed by atoms with E-state index in [9.17, 15) is 13.6 Å². The van der Waals surface area contributed by atoms with E-state index < -0.39 is 17.5 Å². The monoisotopic (exact) mass is 359 g/mol. The molecule has 7 nitrogen and oxygen atoms in total. The third kappa shape index (κ3) is 4.18. The van der Waals surface area contributed by atoms with Crippen LogP contribution in [0, 0.1) is 0 Å². The van der Waals surface area contributed by atoms with Gasteiger partial charge in [-0.15, -0.1) is 0 Å². The van der Waals surface area contributed by atoms with E-state index in [1.807, 2.05) is 18.2 Å². The number of para-hydroxylation sites is 1. The van der Waals surface area contributed by atoms with Crippen molar-refractivity contribution in [2.75, 3.05) is 0 Å². The van der Waals surface area contributed by atoms with Crippen LogP contribution < -0.4 is 10.1 Å². The summed E-state index contributed by atoms with van der Waals surface area (Å²) in [5, 5.41) is 8.61. The molecule has 0 saturated carbocycles. The topological polar surface area (TPSA) is 92.8 Å². The van der Waals surface area contributed by atoms with E-state index >= 15 is 0 Å². The maximum Gasteiger partial charge on any atom is 0.366 e. The number of hydrogen-bond donors (Lipinski definition) is 2. The van der Waals surface area contributed by atoms with Crippen molar-refractivity contribution < 1.29 is 18.3 Å². The Morgan fingerprint density at radius 1 is 1.15 bits per heavy atom. The minimum absolute atomic E-state index is 0.134. The highest BCUT2D eigenvalue weighted by atomic mass is 19.3. The van der Waals surface area contributed by atoms with Gasteiger partial charge in [0, 0.05) is 6.20 Å². The van der Waals surface area contributed by atoms with Crippen LogP contribution in [0.2, 0.25) is 0 Å². The van der Waals surface area contributed by atoms with Crippen molar-refractivity contribution in [3.8, 4) is 5.75 Å². The molecule has 0 atom stereocenters. The zero-order chi connectivity index (χ0) is 18.4. The Labute approximate surface area is 147 Å². The Balaban J connectivity index is 1.53. The summed E-state index contributed by atoms with van der Waals surface area (Å²) >= 11 is 0. The number of nitrogens with one attached hydrogen (secondary N) is 2. The lowest BCUT2D eigenvalue weighted by atomic mass is 10.2. The quantitative estimate of drug-likeness (QED) is 0.675. The molecule has 2 N–H and O–H groups in total. The third-order valence-corrected chi connectivity index (χ3v) is 3.38. The highest BCUT2D eigenvalue weighted by Gasteiger charge is 2.42. The number of nitrogens with zero attached hydrogens (tertiary/aromatic N) is 3. The Morgan fingerprint density at radius 2 is 1.92 bits per heavy atom. The zero-order valence-electron chi connectivity index (χ0n) is 13.5. The summed E-state index contributed by atoms with van der Waals surface area (Å²) in [5.41, 5.74) is -0.621. The van der Waals surface area contributed by atoms with Crippen molar-refractivity contribution in [2.45, 2.75) is 19.1 Å². The van der Waals surface area contributed by atoms with Crippen molar-refractivity contribution in [3.05, 3.63) is 72.1 Å². The predicted molar refractivity (Wildman–Crippen MR) is 87.1 cm³/mol. The van der Waals surface area contributed by atoms with Gasteiger partial charge in [-0.25, -0.2) is 4.98 Å². The molecule has 0 saturated heterocycles. The Bertz CT molecular complexity index is 856. The van der Waals surface area contributed by atoms with Crippen LogP contribution in [0.3, 0.4) is 0 Å². The molecule has 0 unspecified atom stereocenters. The second-order valence-corrected chi connectivity index (χ2v) is 5.27. The number of H-pyrrole nitrogens is 1. The molecule has 1 aromatic carbocycles. The molecule has 3 aromatic rings. The first-order valence-corrected chi connectivity index (χ1v) is 7.71. The third-order valence-electron chi connectivity index (χ3n) is 3.38. The fraction of sp³-hybridized carbons (Fsp3) is 0.176. The van der Waals surface area contributed by atoms with Crippen molar-refractivity contribution >= 4 is 5.91 Å². The van der Waals surface area contributed by atoms with Crippen LogP contribution >= 0.6 is 0 Å². The van der Waals surface area contributed by atoms with Gasteiger partial charge in [-0.1, -0.05) is 24.3 Å². The number of hydrogen-bond acceptors (Lipinski definition) is 5. The van der Waals surface area contributed by atoms with Gasteiger partial charge in [-0.3, -0.25) is 14.9 Å². The van der Waals surface area contributed by atoms with E-state index in [0.717, 1.165) is 6.07 Å². The van der Waals surface area contributed by atoms with E-state index in [1.165, 1.54) is 18.3 Å². The molecule has 0 aliphatic carbocycles. The summed E-state index contributed by atoms with van der Waals surface area (Å²) < 4.78 is 33.5. The predicted octanol–water partition coefficient (Wildman–Crippen LogP) is 2.19. The number of aromatic nitrogens is 4. The Kier molecular flexibility index (Phi) is 5.16. The molecule has 0 radical (unpaired) electrons. The minimum atomic E-state index is -3.74. The summed E-state index contributed by atoms with van der Waals surface area (Å²) in [7, 11) is 0. The molecule has 0 fully saturated rings. The number of rotatable bonds is 7. The summed E-state index contributed by atoms with van der Waals surface area (Å²) in [6.07, 6.45) is 1.20. The van der Waals surface area contributed by atoms with Crippen LogP contribution in [0.15, 0.2) is 54.7 Å². The van der Waals surface area contributed by atoms with Gasteiger partial charge in [0.1, 0.15) is 18.1 Å². The maximum absolute atomic E-state index is 14.0. The van der Waals surface area contributed by atoms with E-state index in [1.54, 1.807) is 12.1 Å². The van der Waals surface area contributed by atoms with Gasteiger partial charge >= 0.3 is 5.92 Å². The van der Waals surface area contributed by atoms with Crippen LogP contribution in [0.1, 0.15) is 17.3 Å². The van der Waals surface area contributed by atoms with Crippen LogP contribution in [0.25, 0.3) is 0 Å². The lowest BCUT2D eigenvalue weighted by molar-refractivity contribution is -0.147. The molecular weight excluding hydrogens is 344 g/mol. The van der Waals surface area contributed by atoms with Crippen LogP contribution in [0.5, 0.6) is 5.75 Å². The number of aromatic amines is 1. The molecule has 0 spiro atoms. The average molecular weight is 359 g/mol. The van der Waals surface area contributed by atoms with Crippen molar-refractivity contribution in [1.29, 1.82) is 0 Å². The number of benzene rings is 1. The lowest BCUT2D eigenvalue weighted by Gasteiger charge is -2.14. The molecule has 9 heteroatoms. The number of pyridine rings is 1. The molecule has 0 aliphatic heterocycles. The normalized spacial score (nSPS) is 11.2. The summed E-state index contributed by atoms with van der Waals surface area (Å²) in [6, 6.07) is 13.1. The molecule has 26 heavy (non-hydrogen) atoms. The van der Waals surface area contributed by atoms with Crippen molar-refractivity contribution in [3.63, 3.8) is 0 Å². The van der Waals surface area contributed by atoms with E-state index in [2.05, 4.69) is 25.5 Å². The van der Waals surface area contributed by atoms with Gasteiger partial charge < -0.3 is 10.1 Å². The fourth-order valence-corrected chi connectivity index (χ4v) is 2.08. The average Bonchev–Trinajstić information content (AvgIpc) is 3.14. The number of carbonyl (C=O) groups excluding carboxylic acids is 1. The molecular formula is C17H15F2N5O2. The second kappa shape index (κ2) is 7.68. The molecule has 2 aromatic heterocycles. The van der Waals surface area contributed by atoms with Crippen LogP contribution in [-0.4, -0.2) is 26.1 Å². The zero-order valence-corrected chi connectivity index (χ0v) is 13.5. The summed E-state index contributed by atoms with van der Waals surface area (Å²) in [5.74, 6) is -3.97. The number of halogens is 2.